The summed E-state index contributed by atoms with van der Waals surface area (Å²) in [6.07, 6.45) is 8.25. The zero-order chi connectivity index (χ0) is 51.5. The standard InChI is InChI=1S/C28H27N7O3.C27H26N6O2/c1-17(31-27(37)24-25(29)32-34-14-8-13-30-26(24)34)22-15-19-9-7-10-20(16-33(3)18(2)36)23(19)28(38)35(22)21-11-5-4-6-12-21;1-3-9-18-10-7-11-19-16-21(33(27(35)22(18)19)20-12-5-4-6-13-20)17(2)30-26(34)23-24(28)31-32-15-8-14-29-25(23)32/h4-15,17H,16H2,1-3H3,(H2,29,32)(H,31,37);4-8,10-17H,3,9H2,1-2H3,(H2,28,31)(H,30,34)/t2*17-/m00/s1. The summed E-state index contributed by atoms with van der Waals surface area (Å²) in [7, 11) is 1.70. The number of aromatic nitrogens is 8. The number of fused-ring (bicyclic) bond motifs is 4. The number of carbonyl (C=O) groups is 3. The monoisotopic (exact) mass is 975 g/mol. The Balaban J connectivity index is 0.000000180. The van der Waals surface area contributed by atoms with E-state index in [0.717, 1.165) is 35.0 Å². The Hall–Kier alpha value is -9.45. The maximum Gasteiger partial charge on any atom is 0.263 e. The number of para-hydroxylation sites is 2. The van der Waals surface area contributed by atoms with Crippen molar-refractivity contribution in [2.45, 2.75) is 59.2 Å². The van der Waals surface area contributed by atoms with Gasteiger partial charge in [-0.15, -0.1) is 10.2 Å². The van der Waals surface area contributed by atoms with Gasteiger partial charge in [-0.25, -0.2) is 19.0 Å². The van der Waals surface area contributed by atoms with Crippen LogP contribution in [0.25, 0.3) is 44.2 Å². The van der Waals surface area contributed by atoms with Gasteiger partial charge in [-0.2, -0.15) is 0 Å². The van der Waals surface area contributed by atoms with Crippen molar-refractivity contribution in [3.05, 3.63) is 200 Å². The zero-order valence-corrected chi connectivity index (χ0v) is 40.9. The second-order valence-electron chi connectivity index (χ2n) is 17.7. The van der Waals surface area contributed by atoms with Gasteiger partial charge in [0.1, 0.15) is 11.1 Å². The van der Waals surface area contributed by atoms with E-state index in [1.807, 2.05) is 116 Å². The largest absolute Gasteiger partial charge is 0.381 e. The van der Waals surface area contributed by atoms with Gasteiger partial charge in [-0.1, -0.05) is 86.1 Å². The lowest BCUT2D eigenvalue weighted by Gasteiger charge is -2.22. The van der Waals surface area contributed by atoms with Crippen LogP contribution in [0, 0.1) is 0 Å². The second kappa shape index (κ2) is 20.5. The molecule has 0 spiro atoms. The Morgan fingerprint density at radius 2 is 1.05 bits per heavy atom. The van der Waals surface area contributed by atoms with Crippen molar-refractivity contribution in [1.29, 1.82) is 0 Å². The molecule has 73 heavy (non-hydrogen) atoms. The first-order chi connectivity index (χ1) is 35.2. The Morgan fingerprint density at radius 3 is 1.49 bits per heavy atom. The summed E-state index contributed by atoms with van der Waals surface area (Å²) in [4.78, 5) is 76.6. The molecule has 0 saturated carbocycles. The molecule has 368 valence electrons. The first kappa shape index (κ1) is 48.6. The third kappa shape index (κ3) is 9.48. The fourth-order valence-corrected chi connectivity index (χ4v) is 9.14. The Labute approximate surface area is 418 Å². The summed E-state index contributed by atoms with van der Waals surface area (Å²) < 4.78 is 6.21. The lowest BCUT2D eigenvalue weighted by atomic mass is 10.00. The van der Waals surface area contributed by atoms with Crippen molar-refractivity contribution in [3.63, 3.8) is 0 Å². The number of nitrogens with two attached hydrogens (primary N) is 2. The molecule has 0 aliphatic heterocycles. The van der Waals surface area contributed by atoms with Gasteiger partial charge in [0.25, 0.3) is 22.9 Å². The minimum atomic E-state index is -0.582. The number of carbonyl (C=O) groups excluding carboxylic acids is 3. The van der Waals surface area contributed by atoms with E-state index in [1.54, 1.807) is 64.9 Å². The molecule has 0 fully saturated rings. The summed E-state index contributed by atoms with van der Waals surface area (Å²) in [5.74, 6) is -0.800. The van der Waals surface area contributed by atoms with Crippen LogP contribution >= 0.6 is 0 Å². The van der Waals surface area contributed by atoms with Crippen LogP contribution in [0.4, 0.5) is 11.6 Å². The van der Waals surface area contributed by atoms with Crippen LogP contribution < -0.4 is 33.2 Å². The SMILES string of the molecule is CC(=O)N(C)Cc1cccc2cc([C@H](C)NC(=O)c3c(N)nn4cccnc34)n(-c3ccccc3)c(=O)c12.CCCc1cccc2cc([C@H](C)NC(=O)c3c(N)nn4cccnc34)n(-c3ccccc3)c(=O)c12. The quantitative estimate of drug-likeness (QED) is 0.0960. The van der Waals surface area contributed by atoms with Crippen LogP contribution in [0.1, 0.15) is 89.4 Å². The van der Waals surface area contributed by atoms with Crippen LogP contribution in [0.2, 0.25) is 0 Å². The molecule has 0 bridgehead atoms. The number of benzene rings is 4. The van der Waals surface area contributed by atoms with Crippen molar-refractivity contribution in [2.24, 2.45) is 0 Å². The molecule has 6 aromatic heterocycles. The van der Waals surface area contributed by atoms with E-state index in [1.165, 1.54) is 16.0 Å². The van der Waals surface area contributed by atoms with Gasteiger partial charge in [-0.05, 0) is 90.7 Å². The lowest BCUT2D eigenvalue weighted by molar-refractivity contribution is -0.128. The lowest BCUT2D eigenvalue weighted by Crippen LogP contribution is -2.33. The summed E-state index contributed by atoms with van der Waals surface area (Å²) in [6.45, 7) is 7.54. The molecule has 10 aromatic rings. The molecule has 0 unspecified atom stereocenters. The predicted molar refractivity (Wildman–Crippen MR) is 282 cm³/mol. The van der Waals surface area contributed by atoms with Crippen molar-refractivity contribution < 1.29 is 14.4 Å². The molecule has 3 amide bonds. The van der Waals surface area contributed by atoms with Crippen molar-refractivity contribution in [1.82, 2.24) is 53.9 Å². The highest BCUT2D eigenvalue weighted by molar-refractivity contribution is 6.05. The number of hydrogen-bond acceptors (Lipinski definition) is 11. The van der Waals surface area contributed by atoms with E-state index in [-0.39, 0.29) is 39.8 Å². The molecule has 6 heterocycles. The molecule has 18 nitrogen and oxygen atoms in total. The number of pyridine rings is 2. The molecule has 0 aliphatic rings. The number of aryl methyl sites for hydroxylation is 1. The van der Waals surface area contributed by atoms with Crippen molar-refractivity contribution in [2.75, 3.05) is 18.5 Å². The first-order valence-electron chi connectivity index (χ1n) is 23.7. The van der Waals surface area contributed by atoms with E-state index in [9.17, 15) is 24.0 Å². The van der Waals surface area contributed by atoms with Crippen LogP contribution in [-0.2, 0) is 17.8 Å². The minimum Gasteiger partial charge on any atom is -0.381 e. The molecule has 0 saturated heterocycles. The molecule has 0 radical (unpaired) electrons. The van der Waals surface area contributed by atoms with Crippen LogP contribution in [-0.4, -0.2) is 68.0 Å². The second-order valence-corrected chi connectivity index (χ2v) is 17.7. The first-order valence-corrected chi connectivity index (χ1v) is 23.7. The number of anilines is 2. The molecule has 0 aliphatic carbocycles. The number of rotatable bonds is 12. The van der Waals surface area contributed by atoms with Crippen molar-refractivity contribution in [3.8, 4) is 11.4 Å². The molecular formula is C55H53N13O5. The van der Waals surface area contributed by atoms with Gasteiger partial charge in [0.2, 0.25) is 5.91 Å². The topological polar surface area (TPSA) is 235 Å². The summed E-state index contributed by atoms with van der Waals surface area (Å²) in [5, 5.41) is 17.1. The fourth-order valence-electron chi connectivity index (χ4n) is 9.14. The summed E-state index contributed by atoms with van der Waals surface area (Å²) >= 11 is 0. The normalized spacial score (nSPS) is 12.1. The zero-order valence-electron chi connectivity index (χ0n) is 40.9. The fraction of sp³-hybridized carbons (Fsp3) is 0.182. The summed E-state index contributed by atoms with van der Waals surface area (Å²) in [5.41, 5.74) is 17.2. The van der Waals surface area contributed by atoms with Gasteiger partial charge in [0, 0.05) is 68.1 Å². The van der Waals surface area contributed by atoms with Crippen LogP contribution in [0.3, 0.4) is 0 Å². The highest BCUT2D eigenvalue weighted by Crippen LogP contribution is 2.28. The van der Waals surface area contributed by atoms with Gasteiger partial charge in [0.05, 0.1) is 22.9 Å². The van der Waals surface area contributed by atoms with E-state index in [2.05, 4.69) is 37.7 Å². The van der Waals surface area contributed by atoms with E-state index in [0.29, 0.717) is 51.1 Å². The Kier molecular flexibility index (Phi) is 13.6. The van der Waals surface area contributed by atoms with Gasteiger partial charge in [-0.3, -0.25) is 33.1 Å². The maximum absolute atomic E-state index is 14.1. The van der Waals surface area contributed by atoms with Gasteiger partial charge < -0.3 is 27.0 Å². The van der Waals surface area contributed by atoms with E-state index < -0.39 is 23.9 Å². The Morgan fingerprint density at radius 1 is 0.616 bits per heavy atom. The minimum absolute atomic E-state index is 0.0617. The molecule has 2 atom stereocenters. The highest BCUT2D eigenvalue weighted by Gasteiger charge is 2.26. The predicted octanol–water partition coefficient (Wildman–Crippen LogP) is 7.14. The Bertz CT molecular complexity index is 3850. The van der Waals surface area contributed by atoms with E-state index >= 15 is 0 Å². The van der Waals surface area contributed by atoms with Crippen LogP contribution in [0.5, 0.6) is 0 Å². The van der Waals surface area contributed by atoms with E-state index in [4.69, 9.17) is 11.5 Å². The van der Waals surface area contributed by atoms with Crippen LogP contribution in [0.15, 0.2) is 156 Å². The molecular weight excluding hydrogens is 923 g/mol. The van der Waals surface area contributed by atoms with Crippen molar-refractivity contribution >= 4 is 62.2 Å². The van der Waals surface area contributed by atoms with Gasteiger partial charge in [0.15, 0.2) is 22.9 Å². The number of nitrogen functional groups attached to an aromatic ring is 2. The smallest absolute Gasteiger partial charge is 0.263 e. The third-order valence-electron chi connectivity index (χ3n) is 12.7. The molecule has 18 heteroatoms. The average Bonchev–Trinajstić information content (AvgIpc) is 3.91. The molecule has 6 N–H and O–H groups in total. The third-order valence-corrected chi connectivity index (χ3v) is 12.7. The molecule has 10 rings (SSSR count). The van der Waals surface area contributed by atoms with Gasteiger partial charge >= 0.3 is 0 Å². The molecule has 4 aromatic carbocycles. The average molecular weight is 976 g/mol. The number of hydrogen-bond donors (Lipinski definition) is 4. The summed E-state index contributed by atoms with van der Waals surface area (Å²) in [6, 6.07) is 36.4. The number of nitrogens with zero attached hydrogens (tertiary/aromatic N) is 9. The maximum atomic E-state index is 14.1. The number of nitrogens with one attached hydrogen (secondary N) is 2. The highest BCUT2D eigenvalue weighted by atomic mass is 16.2. The number of amides is 3.